The fourth-order valence-electron chi connectivity index (χ4n) is 5.01. The Morgan fingerprint density at radius 3 is 2.89 bits per heavy atom. The van der Waals surface area contributed by atoms with E-state index in [1.165, 1.54) is 18.3 Å². The molecule has 0 saturated carbocycles. The summed E-state index contributed by atoms with van der Waals surface area (Å²) >= 11 is 0. The number of nitrogen functional groups attached to an aromatic ring is 1. The quantitative estimate of drug-likeness (QED) is 0.475. The van der Waals surface area contributed by atoms with E-state index in [0.29, 0.717) is 41.6 Å². The summed E-state index contributed by atoms with van der Waals surface area (Å²) in [6.45, 7) is 3.25. The Bertz CT molecular complexity index is 1480. The number of nitrogens with two attached hydrogens (primary N) is 1. The number of hydrogen-bond acceptors (Lipinski definition) is 7. The number of likely N-dealkylation sites (tertiary alicyclic amines) is 1. The van der Waals surface area contributed by atoms with Gasteiger partial charge >= 0.3 is 6.11 Å². The van der Waals surface area contributed by atoms with Crippen molar-refractivity contribution in [3.8, 4) is 11.5 Å². The highest BCUT2D eigenvalue weighted by atomic mass is 19.3. The molecule has 1 saturated heterocycles. The van der Waals surface area contributed by atoms with E-state index in [2.05, 4.69) is 21.9 Å². The highest BCUT2D eigenvalue weighted by Crippen LogP contribution is 2.48. The number of halogens is 2. The zero-order chi connectivity index (χ0) is 24.5. The van der Waals surface area contributed by atoms with Crippen molar-refractivity contribution in [1.29, 1.82) is 0 Å². The molecule has 35 heavy (non-hydrogen) atoms. The van der Waals surface area contributed by atoms with Crippen molar-refractivity contribution in [3.63, 3.8) is 0 Å². The summed E-state index contributed by atoms with van der Waals surface area (Å²) in [6.07, 6.45) is 1.87. The summed E-state index contributed by atoms with van der Waals surface area (Å²) in [5.41, 5.74) is 8.87. The maximum atomic E-state index is 13.7. The van der Waals surface area contributed by atoms with Crippen LogP contribution in [0.3, 0.4) is 0 Å². The number of benzene rings is 1. The van der Waals surface area contributed by atoms with Crippen molar-refractivity contribution in [2.45, 2.75) is 38.5 Å². The SMILES string of the molecule is C[C@@H]1CCN(C(=O)c2cc3c(cn2)nc(N)c2cncn23)[C@H]2c3ccc(OC(C)(F)F)cc3O[C@@H]12. The number of ether oxygens (including phenoxy) is 2. The van der Waals surface area contributed by atoms with Gasteiger partial charge in [0.2, 0.25) is 0 Å². The molecular weight excluding hydrogens is 458 g/mol. The minimum atomic E-state index is -3.31. The Morgan fingerprint density at radius 1 is 1.26 bits per heavy atom. The van der Waals surface area contributed by atoms with Gasteiger partial charge in [0.05, 0.1) is 30.3 Å². The van der Waals surface area contributed by atoms with Gasteiger partial charge in [0.1, 0.15) is 40.1 Å². The van der Waals surface area contributed by atoms with Gasteiger partial charge in [-0.15, -0.1) is 0 Å². The molecule has 180 valence electrons. The van der Waals surface area contributed by atoms with E-state index in [9.17, 15) is 13.6 Å². The molecule has 1 aromatic carbocycles. The van der Waals surface area contributed by atoms with Gasteiger partial charge in [-0.1, -0.05) is 6.92 Å². The van der Waals surface area contributed by atoms with Crippen LogP contribution in [0, 0.1) is 5.92 Å². The van der Waals surface area contributed by atoms with Crippen molar-refractivity contribution in [3.05, 3.63) is 54.2 Å². The minimum Gasteiger partial charge on any atom is -0.487 e. The van der Waals surface area contributed by atoms with Crippen molar-refractivity contribution >= 4 is 28.3 Å². The van der Waals surface area contributed by atoms with Crippen LogP contribution in [0.4, 0.5) is 14.6 Å². The van der Waals surface area contributed by atoms with E-state index in [1.807, 2.05) is 0 Å². The Balaban J connectivity index is 1.38. The van der Waals surface area contributed by atoms with Crippen LogP contribution in [0.2, 0.25) is 0 Å². The Kier molecular flexibility index (Phi) is 4.60. The Hall–Kier alpha value is -4.02. The van der Waals surface area contributed by atoms with Crippen LogP contribution in [0.15, 0.2) is 43.0 Å². The second kappa shape index (κ2) is 7.49. The Morgan fingerprint density at radius 2 is 2.09 bits per heavy atom. The molecule has 0 bridgehead atoms. The van der Waals surface area contributed by atoms with Gasteiger partial charge in [0.15, 0.2) is 0 Å². The molecule has 4 aromatic rings. The van der Waals surface area contributed by atoms with E-state index >= 15 is 0 Å². The number of amides is 1. The summed E-state index contributed by atoms with van der Waals surface area (Å²) in [7, 11) is 0. The molecule has 6 rings (SSSR count). The van der Waals surface area contributed by atoms with Gasteiger partial charge in [0.25, 0.3) is 5.91 Å². The number of rotatable bonds is 3. The van der Waals surface area contributed by atoms with Gasteiger partial charge in [-0.25, -0.2) is 15.0 Å². The maximum Gasteiger partial charge on any atom is 0.394 e. The monoisotopic (exact) mass is 480 g/mol. The lowest BCUT2D eigenvalue weighted by Crippen LogP contribution is -2.48. The number of fused-ring (bicyclic) bond motifs is 6. The Labute approximate surface area is 198 Å². The lowest BCUT2D eigenvalue weighted by molar-refractivity contribution is -0.159. The topological polar surface area (TPSA) is 108 Å². The minimum absolute atomic E-state index is 0.00717. The molecule has 3 aromatic heterocycles. The number of aromatic nitrogens is 4. The number of anilines is 1. The zero-order valence-electron chi connectivity index (χ0n) is 19.0. The van der Waals surface area contributed by atoms with Gasteiger partial charge in [0, 0.05) is 25.1 Å². The number of alkyl halides is 2. The van der Waals surface area contributed by atoms with E-state index in [-0.39, 0.29) is 35.4 Å². The molecule has 1 amide bonds. The molecule has 0 aliphatic carbocycles. The first-order valence-electron chi connectivity index (χ1n) is 11.3. The molecule has 1 fully saturated rings. The van der Waals surface area contributed by atoms with Crippen LogP contribution in [0.1, 0.15) is 42.4 Å². The highest BCUT2D eigenvalue weighted by molar-refractivity contribution is 5.96. The van der Waals surface area contributed by atoms with Crippen LogP contribution in [-0.2, 0) is 0 Å². The number of nitrogens with zero attached hydrogens (tertiary/aromatic N) is 5. The molecule has 0 unspecified atom stereocenters. The first-order chi connectivity index (χ1) is 16.7. The van der Waals surface area contributed by atoms with Crippen molar-refractivity contribution in [2.75, 3.05) is 12.3 Å². The summed E-state index contributed by atoms with van der Waals surface area (Å²) in [4.78, 5) is 28.3. The maximum absolute atomic E-state index is 13.7. The lowest BCUT2D eigenvalue weighted by Gasteiger charge is -2.39. The third-order valence-electron chi connectivity index (χ3n) is 6.64. The summed E-state index contributed by atoms with van der Waals surface area (Å²) in [6, 6.07) is 5.94. The molecule has 2 N–H and O–H groups in total. The first-order valence-corrected chi connectivity index (χ1v) is 11.3. The van der Waals surface area contributed by atoms with Crippen LogP contribution in [0.25, 0.3) is 16.6 Å². The number of pyridine rings is 1. The van der Waals surface area contributed by atoms with Gasteiger partial charge in [-0.2, -0.15) is 8.78 Å². The molecule has 3 atom stereocenters. The van der Waals surface area contributed by atoms with Crippen LogP contribution in [0.5, 0.6) is 11.5 Å². The number of carbonyl (C=O) groups is 1. The van der Waals surface area contributed by atoms with E-state index in [4.69, 9.17) is 15.2 Å². The van der Waals surface area contributed by atoms with E-state index in [0.717, 1.165) is 12.0 Å². The standard InChI is InChI=1S/C24H22F2N6O3/c1-12-5-6-31(20-14-4-3-13(35-24(2,25)26)7-19(14)34-21(12)20)23(33)15-8-17-16(9-29-15)30-22(27)18-10-28-11-32(17)18/h3-4,7-12,20-21H,5-6H2,1-2H3,(H2,27,30)/t12-,20+,21+/m1/s1. The van der Waals surface area contributed by atoms with Crippen molar-refractivity contribution in [1.82, 2.24) is 24.3 Å². The van der Waals surface area contributed by atoms with Crippen LogP contribution < -0.4 is 15.2 Å². The third kappa shape index (κ3) is 3.49. The van der Waals surface area contributed by atoms with Crippen LogP contribution in [-0.4, -0.2) is 48.9 Å². The van der Waals surface area contributed by atoms with Crippen LogP contribution >= 0.6 is 0 Å². The summed E-state index contributed by atoms with van der Waals surface area (Å²) in [5.74, 6) is 0.687. The van der Waals surface area contributed by atoms with E-state index < -0.39 is 6.11 Å². The summed E-state index contributed by atoms with van der Waals surface area (Å²) < 4.78 is 39.3. The van der Waals surface area contributed by atoms with Gasteiger partial charge in [-0.05, 0) is 30.5 Å². The van der Waals surface area contributed by atoms with Gasteiger partial charge in [-0.3, -0.25) is 9.20 Å². The van der Waals surface area contributed by atoms with Crippen molar-refractivity contribution in [2.24, 2.45) is 5.92 Å². The third-order valence-corrected chi connectivity index (χ3v) is 6.64. The molecule has 9 nitrogen and oxygen atoms in total. The number of imidazole rings is 1. The molecule has 0 spiro atoms. The summed E-state index contributed by atoms with van der Waals surface area (Å²) in [5, 5.41) is 0. The molecular formula is C24H22F2N6O3. The van der Waals surface area contributed by atoms with Gasteiger partial charge < -0.3 is 20.1 Å². The molecule has 2 aliphatic rings. The van der Waals surface area contributed by atoms with Crippen molar-refractivity contribution < 1.29 is 23.0 Å². The number of carbonyl (C=O) groups excluding carboxylic acids is 1. The highest BCUT2D eigenvalue weighted by Gasteiger charge is 2.47. The zero-order valence-corrected chi connectivity index (χ0v) is 19.0. The largest absolute Gasteiger partial charge is 0.487 e. The first kappa shape index (κ1) is 21.5. The molecule has 2 aliphatic heterocycles. The molecule has 5 heterocycles. The molecule has 11 heteroatoms. The van der Waals surface area contributed by atoms with E-state index in [1.54, 1.807) is 34.0 Å². The fourth-order valence-corrected chi connectivity index (χ4v) is 5.01. The number of piperidine rings is 1. The fraction of sp³-hybridized carbons (Fsp3) is 0.333. The average molecular weight is 480 g/mol. The normalized spacial score (nSPS) is 21.6. The lowest BCUT2D eigenvalue weighted by atomic mass is 9.86. The predicted molar refractivity (Wildman–Crippen MR) is 122 cm³/mol. The predicted octanol–water partition coefficient (Wildman–Crippen LogP) is 3.84. The molecule has 0 radical (unpaired) electrons. The number of hydrogen-bond donors (Lipinski definition) is 1. The average Bonchev–Trinajstić information content (AvgIpc) is 3.44. The smallest absolute Gasteiger partial charge is 0.394 e. The second-order valence-corrected chi connectivity index (χ2v) is 9.11. The second-order valence-electron chi connectivity index (χ2n) is 9.11.